The first-order valence-electron chi connectivity index (χ1n) is 10.3. The maximum atomic E-state index is 11.4. The topological polar surface area (TPSA) is 52.6 Å². The third-order valence-corrected chi connectivity index (χ3v) is 4.41. The number of hydrogen-bond donors (Lipinski definition) is 0. The predicted octanol–water partition coefficient (Wildman–Crippen LogP) is 5.90. The fraction of sp³-hybridized carbons (Fsp3) is 0.727. The highest BCUT2D eigenvalue weighted by atomic mass is 16.6. The Balaban J connectivity index is 3.67. The van der Waals surface area contributed by atoms with Gasteiger partial charge in [-0.1, -0.05) is 90.7 Å². The van der Waals surface area contributed by atoms with Gasteiger partial charge in [0.15, 0.2) is 0 Å². The Morgan fingerprint density at radius 1 is 0.769 bits per heavy atom. The Labute approximate surface area is 160 Å². The number of hydrogen-bond acceptors (Lipinski definition) is 4. The van der Waals surface area contributed by atoms with Gasteiger partial charge < -0.3 is 9.47 Å². The monoisotopic (exact) mass is 366 g/mol. The molecule has 150 valence electrons. The second-order valence-corrected chi connectivity index (χ2v) is 6.77. The Morgan fingerprint density at radius 2 is 1.23 bits per heavy atom. The molecule has 0 saturated carbocycles. The molecule has 0 radical (unpaired) electrons. The molecule has 0 amide bonds. The van der Waals surface area contributed by atoms with Crippen molar-refractivity contribution < 1.29 is 19.1 Å². The van der Waals surface area contributed by atoms with Crippen molar-refractivity contribution in [3.05, 3.63) is 25.3 Å². The molecule has 0 rings (SSSR count). The minimum Gasteiger partial charge on any atom is -0.459 e. The minimum absolute atomic E-state index is 0.0719. The number of esters is 2. The highest BCUT2D eigenvalue weighted by molar-refractivity contribution is 5.82. The van der Waals surface area contributed by atoms with Crippen molar-refractivity contribution in [3.63, 3.8) is 0 Å². The molecule has 4 heteroatoms. The highest BCUT2D eigenvalue weighted by Crippen LogP contribution is 2.14. The van der Waals surface area contributed by atoms with Crippen LogP contribution in [0.1, 0.15) is 90.4 Å². The van der Waals surface area contributed by atoms with Crippen LogP contribution in [0.5, 0.6) is 0 Å². The van der Waals surface area contributed by atoms with E-state index in [1.165, 1.54) is 64.2 Å². The van der Waals surface area contributed by atoms with Gasteiger partial charge in [-0.2, -0.15) is 0 Å². The van der Waals surface area contributed by atoms with Crippen molar-refractivity contribution in [1.82, 2.24) is 0 Å². The lowest BCUT2D eigenvalue weighted by atomic mass is 10.0. The molecule has 1 atom stereocenters. The van der Waals surface area contributed by atoms with Crippen molar-refractivity contribution in [3.8, 4) is 0 Å². The van der Waals surface area contributed by atoms with E-state index in [-0.39, 0.29) is 6.61 Å². The van der Waals surface area contributed by atoms with Crippen molar-refractivity contribution in [2.24, 2.45) is 0 Å². The van der Waals surface area contributed by atoms with E-state index in [0.717, 1.165) is 25.0 Å². The fourth-order valence-corrected chi connectivity index (χ4v) is 2.84. The summed E-state index contributed by atoms with van der Waals surface area (Å²) in [6.45, 7) is 9.07. The summed E-state index contributed by atoms with van der Waals surface area (Å²) in [6.07, 6.45) is 17.9. The summed E-state index contributed by atoms with van der Waals surface area (Å²) in [6, 6.07) is 0. The van der Waals surface area contributed by atoms with Crippen molar-refractivity contribution in [2.45, 2.75) is 96.5 Å². The van der Waals surface area contributed by atoms with Gasteiger partial charge in [0.25, 0.3) is 0 Å². The highest BCUT2D eigenvalue weighted by Gasteiger charge is 2.14. The molecule has 0 aliphatic heterocycles. The first-order chi connectivity index (χ1) is 12.6. The molecule has 26 heavy (non-hydrogen) atoms. The Bertz CT molecular complexity index is 390. The van der Waals surface area contributed by atoms with Crippen LogP contribution < -0.4 is 0 Å². The number of rotatable bonds is 18. The smallest absolute Gasteiger partial charge is 0.330 e. The van der Waals surface area contributed by atoms with Crippen molar-refractivity contribution in [1.29, 1.82) is 0 Å². The SMILES string of the molecule is C=CC(=O)OCC(CCCCCCCCCCCCCC)OC(=O)C=C. The van der Waals surface area contributed by atoms with Crippen molar-refractivity contribution >= 4 is 11.9 Å². The fourth-order valence-electron chi connectivity index (χ4n) is 2.84. The zero-order chi connectivity index (χ0) is 19.5. The average Bonchev–Trinajstić information content (AvgIpc) is 2.66. The first-order valence-corrected chi connectivity index (χ1v) is 10.3. The normalized spacial score (nSPS) is 11.6. The summed E-state index contributed by atoms with van der Waals surface area (Å²) in [5.41, 5.74) is 0. The van der Waals surface area contributed by atoms with Crippen LogP contribution in [0, 0.1) is 0 Å². The van der Waals surface area contributed by atoms with Gasteiger partial charge in [0, 0.05) is 12.2 Å². The van der Waals surface area contributed by atoms with E-state index in [1.54, 1.807) is 0 Å². The van der Waals surface area contributed by atoms with Gasteiger partial charge in [-0.3, -0.25) is 0 Å². The Kier molecular flexibility index (Phi) is 17.1. The van der Waals surface area contributed by atoms with Crippen molar-refractivity contribution in [2.75, 3.05) is 6.61 Å². The van der Waals surface area contributed by atoms with Gasteiger partial charge in [0.1, 0.15) is 12.7 Å². The molecule has 0 N–H and O–H groups in total. The average molecular weight is 367 g/mol. The van der Waals surface area contributed by atoms with Crippen LogP contribution in [-0.4, -0.2) is 24.6 Å². The standard InChI is InChI=1S/C22H38O4/c1-4-7-8-9-10-11-12-13-14-15-16-17-18-20(26-22(24)6-3)19-25-21(23)5-2/h5-6,20H,2-4,7-19H2,1H3. The van der Waals surface area contributed by atoms with E-state index in [1.807, 2.05) is 0 Å². The van der Waals surface area contributed by atoms with Gasteiger partial charge in [0.05, 0.1) is 0 Å². The molecule has 0 aliphatic rings. The Morgan fingerprint density at radius 3 is 1.69 bits per heavy atom. The Hall–Kier alpha value is -1.58. The summed E-state index contributed by atoms with van der Waals surface area (Å²) in [5, 5.41) is 0. The molecule has 4 nitrogen and oxygen atoms in total. The molecule has 0 spiro atoms. The molecule has 0 aromatic carbocycles. The van der Waals surface area contributed by atoms with E-state index >= 15 is 0 Å². The van der Waals surface area contributed by atoms with Gasteiger partial charge in [-0.25, -0.2) is 9.59 Å². The van der Waals surface area contributed by atoms with E-state index in [9.17, 15) is 9.59 Å². The van der Waals surface area contributed by atoms with Crippen LogP contribution >= 0.6 is 0 Å². The molecule has 0 fully saturated rings. The molecule has 0 bridgehead atoms. The quantitative estimate of drug-likeness (QED) is 0.172. The van der Waals surface area contributed by atoms with E-state index < -0.39 is 18.0 Å². The summed E-state index contributed by atoms with van der Waals surface area (Å²) in [4.78, 5) is 22.5. The van der Waals surface area contributed by atoms with Crippen LogP contribution in [0.4, 0.5) is 0 Å². The van der Waals surface area contributed by atoms with Crippen LogP contribution in [0.15, 0.2) is 25.3 Å². The zero-order valence-corrected chi connectivity index (χ0v) is 16.7. The largest absolute Gasteiger partial charge is 0.459 e. The van der Waals surface area contributed by atoms with E-state index in [0.29, 0.717) is 6.42 Å². The summed E-state index contributed by atoms with van der Waals surface area (Å²) in [5.74, 6) is -0.983. The lowest BCUT2D eigenvalue weighted by Gasteiger charge is -2.16. The van der Waals surface area contributed by atoms with Crippen LogP contribution in [0.2, 0.25) is 0 Å². The van der Waals surface area contributed by atoms with Gasteiger partial charge in [-0.15, -0.1) is 0 Å². The van der Waals surface area contributed by atoms with Crippen LogP contribution in [0.3, 0.4) is 0 Å². The maximum absolute atomic E-state index is 11.4. The molecule has 0 aromatic heterocycles. The van der Waals surface area contributed by atoms with E-state index in [2.05, 4.69) is 20.1 Å². The zero-order valence-electron chi connectivity index (χ0n) is 16.7. The van der Waals surface area contributed by atoms with Gasteiger partial charge in [0.2, 0.25) is 0 Å². The number of unbranched alkanes of at least 4 members (excludes halogenated alkanes) is 11. The number of carbonyl (C=O) groups is 2. The van der Waals surface area contributed by atoms with E-state index in [4.69, 9.17) is 9.47 Å². The molecular formula is C22H38O4. The lowest BCUT2D eigenvalue weighted by molar-refractivity contribution is -0.153. The van der Waals surface area contributed by atoms with Crippen LogP contribution in [0.25, 0.3) is 0 Å². The molecule has 0 aliphatic carbocycles. The third-order valence-electron chi connectivity index (χ3n) is 4.41. The first kappa shape index (κ1) is 24.4. The minimum atomic E-state index is -0.501. The summed E-state index contributed by atoms with van der Waals surface area (Å²) >= 11 is 0. The molecule has 1 unspecified atom stereocenters. The number of carbonyl (C=O) groups excluding carboxylic acids is 2. The number of ether oxygens (including phenoxy) is 2. The maximum Gasteiger partial charge on any atom is 0.330 e. The second-order valence-electron chi connectivity index (χ2n) is 6.77. The molecular weight excluding hydrogens is 328 g/mol. The second kappa shape index (κ2) is 18.2. The third kappa shape index (κ3) is 15.9. The summed E-state index contributed by atoms with van der Waals surface area (Å²) < 4.78 is 10.2. The predicted molar refractivity (Wildman–Crippen MR) is 107 cm³/mol. The molecule has 0 saturated heterocycles. The van der Waals surface area contributed by atoms with Gasteiger partial charge >= 0.3 is 11.9 Å². The lowest BCUT2D eigenvalue weighted by Crippen LogP contribution is -2.24. The van der Waals surface area contributed by atoms with Crippen LogP contribution in [-0.2, 0) is 19.1 Å². The molecule has 0 heterocycles. The summed E-state index contributed by atoms with van der Waals surface area (Å²) in [7, 11) is 0. The van der Waals surface area contributed by atoms with Gasteiger partial charge in [-0.05, 0) is 12.8 Å². The molecule has 0 aromatic rings.